The summed E-state index contributed by atoms with van der Waals surface area (Å²) in [5, 5.41) is 0. The lowest BCUT2D eigenvalue weighted by molar-refractivity contribution is -0.136. The van der Waals surface area contributed by atoms with E-state index in [0.29, 0.717) is 32.1 Å². The molecule has 3 amide bonds. The van der Waals surface area contributed by atoms with Gasteiger partial charge in [0, 0.05) is 50.4 Å². The van der Waals surface area contributed by atoms with E-state index in [9.17, 15) is 14.4 Å². The van der Waals surface area contributed by atoms with Crippen molar-refractivity contribution in [3.05, 3.63) is 18.2 Å². The standard InChI is InChI=1S/C18H25N5O3/c19-15(24)11-22-8-5-20-17(22)12-3-6-21(7-4-12)18(26)13-9-16(25)23(10-13)14-1-2-14/h5,8,12-14H,1-4,6-7,9-11H2,(H2,19,24)/t13-/m1/s1. The second-order valence-corrected chi connectivity index (χ2v) is 7.66. The second-order valence-electron chi connectivity index (χ2n) is 7.66. The molecule has 0 unspecified atom stereocenters. The molecule has 4 rings (SSSR count). The maximum Gasteiger partial charge on any atom is 0.237 e. The van der Waals surface area contributed by atoms with Crippen LogP contribution in [0.4, 0.5) is 0 Å². The summed E-state index contributed by atoms with van der Waals surface area (Å²) in [6.45, 7) is 2.06. The Morgan fingerprint density at radius 3 is 2.58 bits per heavy atom. The van der Waals surface area contributed by atoms with E-state index in [-0.39, 0.29) is 36.1 Å². The van der Waals surface area contributed by atoms with Gasteiger partial charge in [0.1, 0.15) is 12.4 Å². The number of imidazole rings is 1. The molecular formula is C18H25N5O3. The minimum atomic E-state index is -0.386. The second kappa shape index (κ2) is 6.74. The minimum absolute atomic E-state index is 0.112. The number of aromatic nitrogens is 2. The molecule has 0 bridgehead atoms. The summed E-state index contributed by atoms with van der Waals surface area (Å²) in [4.78, 5) is 44.3. The number of carbonyl (C=O) groups excluding carboxylic acids is 3. The number of nitrogens with zero attached hydrogens (tertiary/aromatic N) is 4. The third-order valence-corrected chi connectivity index (χ3v) is 5.74. The van der Waals surface area contributed by atoms with Crippen molar-refractivity contribution >= 4 is 17.7 Å². The highest BCUT2D eigenvalue weighted by molar-refractivity contribution is 5.89. The summed E-state index contributed by atoms with van der Waals surface area (Å²) in [5.41, 5.74) is 5.29. The highest BCUT2D eigenvalue weighted by Gasteiger charge is 2.43. The molecule has 3 fully saturated rings. The van der Waals surface area contributed by atoms with Gasteiger partial charge in [0.25, 0.3) is 0 Å². The van der Waals surface area contributed by atoms with Gasteiger partial charge in [-0.05, 0) is 25.7 Å². The third kappa shape index (κ3) is 3.32. The summed E-state index contributed by atoms with van der Waals surface area (Å²) in [5.74, 6) is 0.766. The molecule has 2 N–H and O–H groups in total. The first-order chi connectivity index (χ1) is 12.5. The van der Waals surface area contributed by atoms with Crippen molar-refractivity contribution in [3.8, 4) is 0 Å². The van der Waals surface area contributed by atoms with E-state index in [1.807, 2.05) is 9.80 Å². The summed E-state index contributed by atoms with van der Waals surface area (Å²) in [7, 11) is 0. The van der Waals surface area contributed by atoms with Gasteiger partial charge in [-0.3, -0.25) is 14.4 Å². The molecule has 140 valence electrons. The van der Waals surface area contributed by atoms with E-state index in [0.717, 1.165) is 31.5 Å². The van der Waals surface area contributed by atoms with Crippen LogP contribution in [0, 0.1) is 5.92 Å². The Bertz CT molecular complexity index is 718. The molecule has 0 spiro atoms. The van der Waals surface area contributed by atoms with Crippen LogP contribution in [0.3, 0.4) is 0 Å². The van der Waals surface area contributed by atoms with Crippen LogP contribution in [0.2, 0.25) is 0 Å². The summed E-state index contributed by atoms with van der Waals surface area (Å²) in [6.07, 6.45) is 7.61. The fourth-order valence-electron chi connectivity index (χ4n) is 4.23. The van der Waals surface area contributed by atoms with E-state index >= 15 is 0 Å². The van der Waals surface area contributed by atoms with Crippen molar-refractivity contribution in [3.63, 3.8) is 0 Å². The predicted octanol–water partition coefficient (Wildman–Crippen LogP) is 0.0853. The lowest BCUT2D eigenvalue weighted by atomic mass is 9.94. The zero-order valence-corrected chi connectivity index (χ0v) is 14.8. The third-order valence-electron chi connectivity index (χ3n) is 5.74. The Kier molecular flexibility index (Phi) is 4.42. The first-order valence-corrected chi connectivity index (χ1v) is 9.40. The molecule has 1 aliphatic carbocycles. The molecule has 2 aliphatic heterocycles. The molecule has 26 heavy (non-hydrogen) atoms. The lowest BCUT2D eigenvalue weighted by Crippen LogP contribution is -2.42. The fraction of sp³-hybridized carbons (Fsp3) is 0.667. The molecule has 8 nitrogen and oxygen atoms in total. The number of hydrogen-bond acceptors (Lipinski definition) is 4. The molecule has 1 aromatic rings. The molecule has 2 saturated heterocycles. The molecule has 3 heterocycles. The molecule has 8 heteroatoms. The number of amides is 3. The summed E-state index contributed by atoms with van der Waals surface area (Å²) >= 11 is 0. The van der Waals surface area contributed by atoms with Crippen molar-refractivity contribution in [1.82, 2.24) is 19.4 Å². The summed E-state index contributed by atoms with van der Waals surface area (Å²) < 4.78 is 1.80. The average molecular weight is 359 g/mol. The fourth-order valence-corrected chi connectivity index (χ4v) is 4.23. The van der Waals surface area contributed by atoms with E-state index < -0.39 is 0 Å². The number of primary amides is 1. The van der Waals surface area contributed by atoms with Crippen molar-refractivity contribution in [2.24, 2.45) is 11.7 Å². The number of nitrogens with two attached hydrogens (primary N) is 1. The SMILES string of the molecule is NC(=O)Cn1ccnc1C1CCN(C(=O)[C@@H]2CC(=O)N(C3CC3)C2)CC1. The van der Waals surface area contributed by atoms with Gasteiger partial charge in [-0.25, -0.2) is 4.98 Å². The van der Waals surface area contributed by atoms with Gasteiger partial charge in [-0.15, -0.1) is 0 Å². The normalized spacial score (nSPS) is 24.3. The van der Waals surface area contributed by atoms with Crippen molar-refractivity contribution in [1.29, 1.82) is 0 Å². The molecule has 1 atom stereocenters. The first-order valence-electron chi connectivity index (χ1n) is 9.40. The van der Waals surface area contributed by atoms with Crippen LogP contribution >= 0.6 is 0 Å². The Morgan fingerprint density at radius 2 is 1.92 bits per heavy atom. The zero-order valence-electron chi connectivity index (χ0n) is 14.8. The van der Waals surface area contributed by atoms with Crippen LogP contribution < -0.4 is 5.73 Å². The Labute approximate surface area is 152 Å². The van der Waals surface area contributed by atoms with Gasteiger partial charge in [0.05, 0.1) is 5.92 Å². The van der Waals surface area contributed by atoms with Crippen LogP contribution in [0.1, 0.15) is 43.8 Å². The molecule has 3 aliphatic rings. The van der Waals surface area contributed by atoms with Gasteiger partial charge in [-0.1, -0.05) is 0 Å². The molecule has 1 aromatic heterocycles. The molecule has 1 saturated carbocycles. The highest BCUT2D eigenvalue weighted by atomic mass is 16.2. The first kappa shape index (κ1) is 17.1. The van der Waals surface area contributed by atoms with Crippen LogP contribution in [0.25, 0.3) is 0 Å². The number of rotatable bonds is 5. The Balaban J connectivity index is 1.34. The maximum atomic E-state index is 12.8. The Morgan fingerprint density at radius 1 is 1.19 bits per heavy atom. The molecular weight excluding hydrogens is 334 g/mol. The van der Waals surface area contributed by atoms with E-state index in [1.165, 1.54) is 0 Å². The van der Waals surface area contributed by atoms with Crippen LogP contribution in [-0.2, 0) is 20.9 Å². The van der Waals surface area contributed by atoms with Gasteiger partial charge in [-0.2, -0.15) is 0 Å². The molecule has 0 radical (unpaired) electrons. The van der Waals surface area contributed by atoms with Crippen LogP contribution in [-0.4, -0.2) is 62.7 Å². The lowest BCUT2D eigenvalue weighted by Gasteiger charge is -2.33. The number of piperidine rings is 1. The van der Waals surface area contributed by atoms with Crippen LogP contribution in [0.5, 0.6) is 0 Å². The maximum absolute atomic E-state index is 12.8. The van der Waals surface area contributed by atoms with E-state index in [2.05, 4.69) is 4.98 Å². The highest BCUT2D eigenvalue weighted by Crippen LogP contribution is 2.34. The Hall–Kier alpha value is -2.38. The van der Waals surface area contributed by atoms with Gasteiger partial charge in [0.2, 0.25) is 17.7 Å². The number of likely N-dealkylation sites (tertiary alicyclic amines) is 2. The predicted molar refractivity (Wildman–Crippen MR) is 92.8 cm³/mol. The van der Waals surface area contributed by atoms with E-state index in [1.54, 1.807) is 17.0 Å². The largest absolute Gasteiger partial charge is 0.368 e. The van der Waals surface area contributed by atoms with Crippen molar-refractivity contribution in [2.75, 3.05) is 19.6 Å². The van der Waals surface area contributed by atoms with Gasteiger partial charge >= 0.3 is 0 Å². The zero-order chi connectivity index (χ0) is 18.3. The van der Waals surface area contributed by atoms with E-state index in [4.69, 9.17) is 5.73 Å². The number of carbonyl (C=O) groups is 3. The average Bonchev–Trinajstić information content (AvgIpc) is 3.24. The molecule has 0 aromatic carbocycles. The quantitative estimate of drug-likeness (QED) is 0.805. The topological polar surface area (TPSA) is 102 Å². The monoisotopic (exact) mass is 359 g/mol. The van der Waals surface area contributed by atoms with Crippen molar-refractivity contribution < 1.29 is 14.4 Å². The van der Waals surface area contributed by atoms with Crippen molar-refractivity contribution in [2.45, 2.75) is 50.6 Å². The minimum Gasteiger partial charge on any atom is -0.368 e. The van der Waals surface area contributed by atoms with Crippen LogP contribution in [0.15, 0.2) is 12.4 Å². The smallest absolute Gasteiger partial charge is 0.237 e. The van der Waals surface area contributed by atoms with Gasteiger partial charge < -0.3 is 20.1 Å². The number of hydrogen-bond donors (Lipinski definition) is 1. The summed E-state index contributed by atoms with van der Waals surface area (Å²) in [6, 6.07) is 0.384. The van der Waals surface area contributed by atoms with Gasteiger partial charge in [0.15, 0.2) is 0 Å².